The first-order valence-electron chi connectivity index (χ1n) is 3.00. The molecule has 0 aromatic heterocycles. The standard InChI is InChI=1S/C6H15NO/c1-6(2)8-5-4-7-3/h6H,3-5,7H2,1-2H3. The Labute approximate surface area is 51.2 Å². The van der Waals surface area contributed by atoms with E-state index in [0.717, 1.165) is 13.2 Å². The van der Waals surface area contributed by atoms with Gasteiger partial charge in [-0.05, 0) is 13.8 Å². The van der Waals surface area contributed by atoms with Gasteiger partial charge in [-0.15, -0.1) is 0 Å². The van der Waals surface area contributed by atoms with Crippen LogP contribution in [0.1, 0.15) is 13.8 Å². The van der Waals surface area contributed by atoms with Crippen molar-refractivity contribution >= 4 is 0 Å². The normalized spacial score (nSPS) is 10.5. The maximum absolute atomic E-state index is 5.21. The van der Waals surface area contributed by atoms with Gasteiger partial charge in [-0.3, -0.25) is 0 Å². The molecule has 0 aromatic rings. The van der Waals surface area contributed by atoms with E-state index in [1.165, 1.54) is 0 Å². The molecule has 0 rings (SSSR count). The van der Waals surface area contributed by atoms with Gasteiger partial charge in [-0.1, -0.05) is 0 Å². The summed E-state index contributed by atoms with van der Waals surface area (Å²) in [5, 5.41) is 1.86. The molecule has 2 nitrogen and oxygen atoms in total. The molecular weight excluding hydrogens is 102 g/mol. The molecule has 0 bridgehead atoms. The van der Waals surface area contributed by atoms with Crippen LogP contribution in [0.3, 0.4) is 0 Å². The molecule has 2 heteroatoms. The van der Waals surface area contributed by atoms with Crippen molar-refractivity contribution in [2.24, 2.45) is 0 Å². The van der Waals surface area contributed by atoms with Crippen LogP contribution < -0.4 is 5.32 Å². The number of rotatable bonds is 4. The van der Waals surface area contributed by atoms with E-state index >= 15 is 0 Å². The molecule has 0 fully saturated rings. The minimum Gasteiger partial charge on any atom is -0.477 e. The lowest BCUT2D eigenvalue weighted by molar-refractivity contribution is -0.597. The average Bonchev–Trinajstić information content (AvgIpc) is 1.66. The molecule has 0 saturated carbocycles. The Morgan fingerprint density at radius 1 is 1.62 bits per heavy atom. The van der Waals surface area contributed by atoms with Crippen molar-refractivity contribution in [2.45, 2.75) is 20.0 Å². The van der Waals surface area contributed by atoms with Crippen LogP contribution in [0.15, 0.2) is 0 Å². The fourth-order valence-electron chi connectivity index (χ4n) is 0.387. The van der Waals surface area contributed by atoms with E-state index in [9.17, 15) is 0 Å². The fourth-order valence-corrected chi connectivity index (χ4v) is 0.387. The number of hydrogen-bond acceptors (Lipinski definition) is 1. The molecule has 0 unspecified atom stereocenters. The first-order chi connectivity index (χ1) is 3.77. The zero-order chi connectivity index (χ0) is 6.41. The summed E-state index contributed by atoms with van der Waals surface area (Å²) >= 11 is 0. The van der Waals surface area contributed by atoms with E-state index in [-0.39, 0.29) is 0 Å². The van der Waals surface area contributed by atoms with Crippen molar-refractivity contribution in [3.63, 3.8) is 0 Å². The van der Waals surface area contributed by atoms with Crippen molar-refractivity contribution in [2.75, 3.05) is 13.2 Å². The Hall–Kier alpha value is -0.0800. The molecule has 0 atom stereocenters. The van der Waals surface area contributed by atoms with E-state index < -0.39 is 0 Å². The highest BCUT2D eigenvalue weighted by atomic mass is 16.5. The Balaban J connectivity index is 2.72. The van der Waals surface area contributed by atoms with Gasteiger partial charge in [-0.25, -0.2) is 0 Å². The molecule has 0 radical (unpaired) electrons. The van der Waals surface area contributed by atoms with Crippen LogP contribution in [0.25, 0.3) is 0 Å². The molecule has 0 aliphatic carbocycles. The topological polar surface area (TPSA) is 25.8 Å². The molecule has 0 aromatic carbocycles. The van der Waals surface area contributed by atoms with Gasteiger partial charge >= 0.3 is 0 Å². The van der Waals surface area contributed by atoms with E-state index in [1.807, 2.05) is 19.2 Å². The average molecular weight is 117 g/mol. The second-order valence-electron chi connectivity index (χ2n) is 2.00. The number of ether oxygens (including phenoxy) is 1. The van der Waals surface area contributed by atoms with Crippen molar-refractivity contribution in [3.05, 3.63) is 7.05 Å². The van der Waals surface area contributed by atoms with Gasteiger partial charge in [-0.2, -0.15) is 7.05 Å². The summed E-state index contributed by atoms with van der Waals surface area (Å²) in [7, 11) is 3.58. The summed E-state index contributed by atoms with van der Waals surface area (Å²) in [6, 6.07) is 0. The van der Waals surface area contributed by atoms with Crippen LogP contribution in [-0.2, 0) is 4.74 Å². The molecule has 0 aliphatic rings. The third-order valence-electron chi connectivity index (χ3n) is 0.773. The molecule has 0 spiro atoms. The third kappa shape index (κ3) is 5.92. The van der Waals surface area contributed by atoms with Gasteiger partial charge < -0.3 is 10.1 Å². The van der Waals surface area contributed by atoms with Crippen LogP contribution in [0.2, 0.25) is 0 Å². The fraction of sp³-hybridized carbons (Fsp3) is 0.833. The predicted molar refractivity (Wildman–Crippen MR) is 33.2 cm³/mol. The SMILES string of the molecule is [CH2-][NH2+]CCOC(C)C. The van der Waals surface area contributed by atoms with Crippen molar-refractivity contribution in [1.82, 2.24) is 0 Å². The predicted octanol–water partition coefficient (Wildman–Crippen LogP) is -0.234. The summed E-state index contributed by atoms with van der Waals surface area (Å²) in [5.74, 6) is 0. The molecule has 50 valence electrons. The van der Waals surface area contributed by atoms with E-state index in [4.69, 9.17) is 4.74 Å². The number of quaternary nitrogens is 1. The maximum atomic E-state index is 5.21. The third-order valence-corrected chi connectivity index (χ3v) is 0.773. The molecular formula is C6H15NO. The number of hydrogen-bond donors (Lipinski definition) is 1. The van der Waals surface area contributed by atoms with Crippen molar-refractivity contribution in [3.8, 4) is 0 Å². The summed E-state index contributed by atoms with van der Waals surface area (Å²) in [6.07, 6.45) is 0.356. The molecule has 0 aliphatic heterocycles. The van der Waals surface area contributed by atoms with Gasteiger partial charge in [0.05, 0.1) is 19.3 Å². The van der Waals surface area contributed by atoms with Crippen LogP contribution in [0.5, 0.6) is 0 Å². The lowest BCUT2D eigenvalue weighted by Gasteiger charge is -2.05. The first kappa shape index (κ1) is 7.92. The number of nitrogens with two attached hydrogens (primary N) is 1. The summed E-state index contributed by atoms with van der Waals surface area (Å²) < 4.78 is 5.21. The van der Waals surface area contributed by atoms with E-state index in [2.05, 4.69) is 7.05 Å². The molecule has 0 heterocycles. The Morgan fingerprint density at radius 3 is 2.62 bits per heavy atom. The molecule has 0 saturated heterocycles. The largest absolute Gasteiger partial charge is 0.477 e. The summed E-state index contributed by atoms with van der Waals surface area (Å²) in [5.41, 5.74) is 0. The van der Waals surface area contributed by atoms with Gasteiger partial charge in [0.25, 0.3) is 0 Å². The van der Waals surface area contributed by atoms with Crippen LogP contribution >= 0.6 is 0 Å². The minimum absolute atomic E-state index is 0.356. The highest BCUT2D eigenvalue weighted by Gasteiger charge is 1.89. The zero-order valence-corrected chi connectivity index (χ0v) is 5.68. The quantitative estimate of drug-likeness (QED) is 0.399. The Kier molecular flexibility index (Phi) is 5.01. The van der Waals surface area contributed by atoms with Gasteiger partial charge in [0.15, 0.2) is 0 Å². The second-order valence-corrected chi connectivity index (χ2v) is 2.00. The van der Waals surface area contributed by atoms with Gasteiger partial charge in [0.2, 0.25) is 0 Å². The lowest BCUT2D eigenvalue weighted by atomic mass is 10.5. The Morgan fingerprint density at radius 2 is 2.25 bits per heavy atom. The van der Waals surface area contributed by atoms with Gasteiger partial charge in [0.1, 0.15) is 0 Å². The van der Waals surface area contributed by atoms with Gasteiger partial charge in [0, 0.05) is 0 Å². The highest BCUT2D eigenvalue weighted by Crippen LogP contribution is 1.83. The summed E-state index contributed by atoms with van der Waals surface area (Å²) in [4.78, 5) is 0. The monoisotopic (exact) mass is 117 g/mol. The minimum atomic E-state index is 0.356. The molecule has 8 heavy (non-hydrogen) atoms. The van der Waals surface area contributed by atoms with Crippen LogP contribution in [-0.4, -0.2) is 19.3 Å². The van der Waals surface area contributed by atoms with Crippen LogP contribution in [0.4, 0.5) is 0 Å². The van der Waals surface area contributed by atoms with E-state index in [0.29, 0.717) is 6.10 Å². The lowest BCUT2D eigenvalue weighted by Crippen LogP contribution is -2.78. The Bertz CT molecular complexity index is 45.8. The molecule has 0 amide bonds. The van der Waals surface area contributed by atoms with Crippen LogP contribution in [0, 0.1) is 7.05 Å². The zero-order valence-electron chi connectivity index (χ0n) is 5.68. The second kappa shape index (κ2) is 5.06. The summed E-state index contributed by atoms with van der Waals surface area (Å²) in [6.45, 7) is 5.82. The molecule has 2 N–H and O–H groups in total. The van der Waals surface area contributed by atoms with Crippen molar-refractivity contribution < 1.29 is 10.1 Å². The van der Waals surface area contributed by atoms with Crippen molar-refractivity contribution in [1.29, 1.82) is 0 Å². The highest BCUT2D eigenvalue weighted by molar-refractivity contribution is 4.33. The van der Waals surface area contributed by atoms with E-state index in [1.54, 1.807) is 0 Å². The maximum Gasteiger partial charge on any atom is 0.0937 e. The smallest absolute Gasteiger partial charge is 0.0937 e. The first-order valence-corrected chi connectivity index (χ1v) is 3.00.